The zero-order valence-corrected chi connectivity index (χ0v) is 9.35. The molecule has 0 aliphatic rings. The second-order valence-electron chi connectivity index (χ2n) is 3.08. The zero-order chi connectivity index (χ0) is 11.6. The lowest BCUT2D eigenvalue weighted by Gasteiger charge is -2.16. The van der Waals surface area contributed by atoms with Gasteiger partial charge in [-0.25, -0.2) is 9.97 Å². The van der Waals surface area contributed by atoms with E-state index in [1.165, 1.54) is 25.8 Å². The van der Waals surface area contributed by atoms with Crippen LogP contribution in [0, 0.1) is 0 Å². The fourth-order valence-corrected chi connectivity index (χ4v) is 2.24. The summed E-state index contributed by atoms with van der Waals surface area (Å²) in [6.07, 6.45) is 4.11. The summed E-state index contributed by atoms with van der Waals surface area (Å²) in [5.41, 5.74) is 0. The summed E-state index contributed by atoms with van der Waals surface area (Å²) < 4.78 is 25.1. The van der Waals surface area contributed by atoms with Crippen LogP contribution < -0.4 is 4.31 Å². The average molecular weight is 238 g/mol. The van der Waals surface area contributed by atoms with E-state index >= 15 is 0 Å². The van der Waals surface area contributed by atoms with Gasteiger partial charge in [0.25, 0.3) is 10.0 Å². The van der Waals surface area contributed by atoms with Crippen LogP contribution in [0.1, 0.15) is 0 Å². The molecule has 0 unspecified atom stereocenters. The molecular weight excluding hydrogens is 228 g/mol. The molecule has 2 aromatic heterocycles. The molecule has 0 atom stereocenters. The Morgan fingerprint density at radius 2 is 2.19 bits per heavy atom. The Kier molecular flexibility index (Phi) is 2.61. The van der Waals surface area contributed by atoms with Crippen molar-refractivity contribution in [1.29, 1.82) is 0 Å². The highest BCUT2D eigenvalue weighted by atomic mass is 32.2. The van der Waals surface area contributed by atoms with Gasteiger partial charge in [0.05, 0.1) is 12.5 Å². The number of rotatable bonds is 3. The van der Waals surface area contributed by atoms with Crippen molar-refractivity contribution in [3.05, 3.63) is 36.9 Å². The first-order valence-electron chi connectivity index (χ1n) is 4.51. The molecule has 2 heterocycles. The Hall–Kier alpha value is -1.89. The maximum atomic E-state index is 12.0. The van der Waals surface area contributed by atoms with Crippen molar-refractivity contribution < 1.29 is 8.42 Å². The first-order chi connectivity index (χ1) is 7.62. The van der Waals surface area contributed by atoms with E-state index in [9.17, 15) is 8.42 Å². The molecule has 16 heavy (non-hydrogen) atoms. The number of nitrogens with zero attached hydrogens (tertiary/aromatic N) is 3. The number of pyridine rings is 1. The number of sulfonamides is 1. The van der Waals surface area contributed by atoms with Gasteiger partial charge < -0.3 is 4.98 Å². The van der Waals surface area contributed by atoms with E-state index in [0.717, 1.165) is 4.31 Å². The monoisotopic (exact) mass is 238 g/mol. The van der Waals surface area contributed by atoms with Crippen molar-refractivity contribution in [3.63, 3.8) is 0 Å². The van der Waals surface area contributed by atoms with Gasteiger partial charge in [0.1, 0.15) is 5.82 Å². The van der Waals surface area contributed by atoms with Gasteiger partial charge in [0.2, 0.25) is 0 Å². The number of nitrogens with one attached hydrogen (secondary N) is 1. The van der Waals surface area contributed by atoms with Crippen molar-refractivity contribution >= 4 is 15.8 Å². The molecule has 1 N–H and O–H groups in total. The van der Waals surface area contributed by atoms with Crippen molar-refractivity contribution in [2.24, 2.45) is 0 Å². The number of imidazole rings is 1. The molecule has 0 saturated carbocycles. The lowest BCUT2D eigenvalue weighted by atomic mass is 10.5. The molecule has 0 aliphatic carbocycles. The zero-order valence-electron chi connectivity index (χ0n) is 8.53. The molecule has 0 fully saturated rings. The minimum Gasteiger partial charge on any atom is -0.334 e. The SMILES string of the molecule is CN(c1ccccn1)S(=O)(=O)c1cnc[nH]1. The fraction of sp³-hybridized carbons (Fsp3) is 0.111. The number of aromatic amines is 1. The van der Waals surface area contributed by atoms with E-state index in [0.29, 0.717) is 5.82 Å². The summed E-state index contributed by atoms with van der Waals surface area (Å²) in [6.45, 7) is 0. The van der Waals surface area contributed by atoms with Crippen molar-refractivity contribution in [2.75, 3.05) is 11.4 Å². The molecular formula is C9H10N4O2S. The van der Waals surface area contributed by atoms with Crippen molar-refractivity contribution in [2.45, 2.75) is 5.03 Å². The second kappa shape index (κ2) is 3.93. The quantitative estimate of drug-likeness (QED) is 0.850. The number of aromatic nitrogens is 3. The molecule has 84 valence electrons. The minimum absolute atomic E-state index is 0.0423. The van der Waals surface area contributed by atoms with Gasteiger partial charge in [-0.1, -0.05) is 6.07 Å². The van der Waals surface area contributed by atoms with E-state index < -0.39 is 10.0 Å². The van der Waals surface area contributed by atoms with E-state index in [1.807, 2.05) is 0 Å². The largest absolute Gasteiger partial charge is 0.334 e. The predicted octanol–water partition coefficient (Wildman–Crippen LogP) is 0.630. The summed E-state index contributed by atoms with van der Waals surface area (Å²) in [5, 5.41) is 0.0423. The van der Waals surface area contributed by atoms with Crippen LogP contribution >= 0.6 is 0 Å². The summed E-state index contributed by atoms with van der Waals surface area (Å²) in [5.74, 6) is 0.358. The van der Waals surface area contributed by atoms with Crippen LogP contribution in [-0.2, 0) is 10.0 Å². The van der Waals surface area contributed by atoms with Crippen molar-refractivity contribution in [1.82, 2.24) is 15.0 Å². The summed E-state index contributed by atoms with van der Waals surface area (Å²) in [7, 11) is -2.15. The third-order valence-corrected chi connectivity index (χ3v) is 3.77. The molecule has 0 radical (unpaired) electrons. The lowest BCUT2D eigenvalue weighted by Crippen LogP contribution is -2.27. The standard InChI is InChI=1S/C9H10N4O2S/c1-13(8-4-2-3-5-11-8)16(14,15)9-6-10-7-12-9/h2-7H,1H3,(H,10,12). The Morgan fingerprint density at radius 1 is 1.38 bits per heavy atom. The van der Waals surface area contributed by atoms with E-state index in [1.54, 1.807) is 18.2 Å². The predicted molar refractivity (Wildman–Crippen MR) is 58.4 cm³/mol. The van der Waals surface area contributed by atoms with Gasteiger partial charge in [-0.05, 0) is 12.1 Å². The maximum absolute atomic E-state index is 12.0. The first kappa shape index (κ1) is 10.6. The second-order valence-corrected chi connectivity index (χ2v) is 5.01. The molecule has 0 aliphatic heterocycles. The topological polar surface area (TPSA) is 79.0 Å². The van der Waals surface area contributed by atoms with E-state index in [4.69, 9.17) is 0 Å². The van der Waals surface area contributed by atoms with E-state index in [2.05, 4.69) is 15.0 Å². The average Bonchev–Trinajstić information content (AvgIpc) is 2.83. The van der Waals surface area contributed by atoms with Crippen LogP contribution in [0.25, 0.3) is 0 Å². The lowest BCUT2D eigenvalue weighted by molar-refractivity contribution is 0.591. The Labute approximate surface area is 93.0 Å². The maximum Gasteiger partial charge on any atom is 0.282 e. The molecule has 2 rings (SSSR count). The van der Waals surface area contributed by atoms with Gasteiger partial charge in [0.15, 0.2) is 5.03 Å². The first-order valence-corrected chi connectivity index (χ1v) is 5.95. The smallest absolute Gasteiger partial charge is 0.282 e. The van der Waals surface area contributed by atoms with Crippen LogP contribution in [0.15, 0.2) is 41.9 Å². The third kappa shape index (κ3) is 1.76. The van der Waals surface area contributed by atoms with Gasteiger partial charge in [-0.2, -0.15) is 8.42 Å². The molecule has 7 heteroatoms. The molecule has 0 saturated heterocycles. The van der Waals surface area contributed by atoms with Gasteiger partial charge in [-0.15, -0.1) is 0 Å². The van der Waals surface area contributed by atoms with Crippen LogP contribution in [0.5, 0.6) is 0 Å². The number of hydrogen-bond acceptors (Lipinski definition) is 4. The van der Waals surface area contributed by atoms with Crippen LogP contribution in [0.2, 0.25) is 0 Å². The minimum atomic E-state index is -3.60. The summed E-state index contributed by atoms with van der Waals surface area (Å²) in [6, 6.07) is 5.06. The Morgan fingerprint density at radius 3 is 2.75 bits per heavy atom. The molecule has 2 aromatic rings. The Bertz CT molecular complexity index is 550. The van der Waals surface area contributed by atoms with E-state index in [-0.39, 0.29) is 5.03 Å². The highest BCUT2D eigenvalue weighted by molar-refractivity contribution is 7.92. The summed E-state index contributed by atoms with van der Waals surface area (Å²) in [4.78, 5) is 10.2. The molecule has 6 nitrogen and oxygen atoms in total. The van der Waals surface area contributed by atoms with Crippen LogP contribution in [-0.4, -0.2) is 30.4 Å². The van der Waals surface area contributed by atoms with Crippen LogP contribution in [0.3, 0.4) is 0 Å². The fourth-order valence-electron chi connectivity index (χ4n) is 1.19. The normalized spacial score (nSPS) is 11.3. The van der Waals surface area contributed by atoms with Gasteiger partial charge in [-0.3, -0.25) is 4.31 Å². The highest BCUT2D eigenvalue weighted by Gasteiger charge is 2.22. The molecule has 0 spiro atoms. The highest BCUT2D eigenvalue weighted by Crippen LogP contribution is 2.16. The van der Waals surface area contributed by atoms with Crippen LogP contribution in [0.4, 0.5) is 5.82 Å². The molecule has 0 amide bonds. The third-order valence-electron chi connectivity index (χ3n) is 2.08. The molecule has 0 bridgehead atoms. The van der Waals surface area contributed by atoms with Gasteiger partial charge in [0, 0.05) is 13.2 Å². The number of hydrogen-bond donors (Lipinski definition) is 1. The number of anilines is 1. The number of H-pyrrole nitrogens is 1. The van der Waals surface area contributed by atoms with Crippen molar-refractivity contribution in [3.8, 4) is 0 Å². The van der Waals surface area contributed by atoms with Gasteiger partial charge >= 0.3 is 0 Å². The molecule has 0 aromatic carbocycles. The summed E-state index contributed by atoms with van der Waals surface area (Å²) >= 11 is 0. The Balaban J connectivity index is 2.40.